The van der Waals surface area contributed by atoms with Crippen molar-refractivity contribution >= 4 is 5.69 Å². The lowest BCUT2D eigenvalue weighted by molar-refractivity contribution is 0.123. The van der Waals surface area contributed by atoms with E-state index in [-0.39, 0.29) is 0 Å². The highest BCUT2D eigenvalue weighted by Crippen LogP contribution is 2.37. The number of anilines is 1. The molecule has 1 aromatic carbocycles. The van der Waals surface area contributed by atoms with E-state index < -0.39 is 0 Å². The molecule has 0 aromatic heterocycles. The fourth-order valence-electron chi connectivity index (χ4n) is 3.83. The molecule has 1 saturated carbocycles. The highest BCUT2D eigenvalue weighted by atomic mass is 15.2. The van der Waals surface area contributed by atoms with Crippen LogP contribution in [0.2, 0.25) is 0 Å². The molecule has 1 heterocycles. The van der Waals surface area contributed by atoms with E-state index >= 15 is 0 Å². The Hall–Kier alpha value is -1.02. The second kappa shape index (κ2) is 5.16. The molecule has 0 amide bonds. The van der Waals surface area contributed by atoms with Gasteiger partial charge in [-0.2, -0.15) is 0 Å². The van der Waals surface area contributed by atoms with Gasteiger partial charge >= 0.3 is 0 Å². The summed E-state index contributed by atoms with van der Waals surface area (Å²) in [5, 5.41) is 0. The first-order chi connectivity index (χ1) is 9.17. The van der Waals surface area contributed by atoms with Crippen molar-refractivity contribution in [2.75, 3.05) is 18.8 Å². The van der Waals surface area contributed by atoms with Crippen molar-refractivity contribution in [2.45, 2.75) is 56.9 Å². The molecule has 2 heteroatoms. The molecule has 2 aliphatic rings. The van der Waals surface area contributed by atoms with Crippen LogP contribution in [-0.2, 0) is 5.41 Å². The number of benzene rings is 1. The highest BCUT2D eigenvalue weighted by Gasteiger charge is 2.34. The molecule has 0 spiro atoms. The molecule has 0 radical (unpaired) electrons. The maximum absolute atomic E-state index is 5.80. The summed E-state index contributed by atoms with van der Waals surface area (Å²) in [5.41, 5.74) is 8.48. The maximum Gasteiger partial charge on any atom is 0.0314 e. The first-order valence-corrected chi connectivity index (χ1v) is 7.77. The summed E-state index contributed by atoms with van der Waals surface area (Å²) in [4.78, 5) is 2.74. The summed E-state index contributed by atoms with van der Waals surface area (Å²) in [5.74, 6) is 0. The number of nitrogens with two attached hydrogens (primary N) is 1. The zero-order chi connectivity index (χ0) is 13.3. The summed E-state index contributed by atoms with van der Waals surface area (Å²) in [6, 6.07) is 9.42. The largest absolute Gasteiger partial charge is 0.399 e. The summed E-state index contributed by atoms with van der Waals surface area (Å²) in [6.07, 6.45) is 8.31. The molecule has 3 rings (SSSR count). The average Bonchev–Trinajstić information content (AvgIpc) is 2.94. The minimum atomic E-state index is 0.350. The first kappa shape index (κ1) is 13.0. The number of likely N-dealkylation sites (tertiary alicyclic amines) is 1. The van der Waals surface area contributed by atoms with E-state index in [2.05, 4.69) is 24.0 Å². The number of nitrogens with zero attached hydrogens (tertiary/aromatic N) is 1. The van der Waals surface area contributed by atoms with Gasteiger partial charge in [0.25, 0.3) is 0 Å². The molecule has 2 fully saturated rings. The maximum atomic E-state index is 5.80. The predicted molar refractivity (Wildman–Crippen MR) is 81.3 cm³/mol. The molecule has 1 aliphatic carbocycles. The molecule has 104 valence electrons. The molecule has 2 N–H and O–H groups in total. The van der Waals surface area contributed by atoms with E-state index in [0.29, 0.717) is 5.41 Å². The van der Waals surface area contributed by atoms with Crippen LogP contribution in [0.5, 0.6) is 0 Å². The van der Waals surface area contributed by atoms with Gasteiger partial charge in [-0.3, -0.25) is 0 Å². The third-order valence-electron chi connectivity index (χ3n) is 5.35. The van der Waals surface area contributed by atoms with Gasteiger partial charge in [0.1, 0.15) is 0 Å². The van der Waals surface area contributed by atoms with Crippen molar-refractivity contribution in [3.63, 3.8) is 0 Å². The van der Waals surface area contributed by atoms with Gasteiger partial charge < -0.3 is 10.6 Å². The molecule has 1 aliphatic heterocycles. The van der Waals surface area contributed by atoms with Crippen molar-refractivity contribution < 1.29 is 0 Å². The minimum absolute atomic E-state index is 0.350. The molecule has 0 unspecified atom stereocenters. The number of hydrogen-bond donors (Lipinski definition) is 1. The van der Waals surface area contributed by atoms with E-state index in [1.165, 1.54) is 57.2 Å². The lowest BCUT2D eigenvalue weighted by Crippen LogP contribution is -2.45. The van der Waals surface area contributed by atoms with Gasteiger partial charge in [-0.15, -0.1) is 0 Å². The van der Waals surface area contributed by atoms with Gasteiger partial charge in [-0.25, -0.2) is 0 Å². The standard InChI is InChI=1S/C17H26N2/c1-17(14-6-8-15(18)9-7-14)10-12-19(13-11-17)16-4-2-3-5-16/h6-9,16H,2-5,10-13,18H2,1H3. The Balaban J connectivity index is 1.66. The number of rotatable bonds is 2. The molecular formula is C17H26N2. The van der Waals surface area contributed by atoms with E-state index in [0.717, 1.165) is 11.7 Å². The van der Waals surface area contributed by atoms with Gasteiger partial charge in [-0.05, 0) is 61.9 Å². The Morgan fingerprint density at radius 1 is 1.05 bits per heavy atom. The average molecular weight is 258 g/mol. The Labute approximate surface area is 117 Å². The summed E-state index contributed by atoms with van der Waals surface area (Å²) < 4.78 is 0. The van der Waals surface area contributed by atoms with Crippen LogP contribution in [0.15, 0.2) is 24.3 Å². The monoisotopic (exact) mass is 258 g/mol. The summed E-state index contributed by atoms with van der Waals surface area (Å²) in [7, 11) is 0. The molecule has 2 nitrogen and oxygen atoms in total. The Morgan fingerprint density at radius 2 is 1.63 bits per heavy atom. The van der Waals surface area contributed by atoms with E-state index in [1.807, 2.05) is 12.1 Å². The molecule has 1 saturated heterocycles. The van der Waals surface area contributed by atoms with Crippen LogP contribution in [0, 0.1) is 0 Å². The SMILES string of the molecule is CC1(c2ccc(N)cc2)CCN(C2CCCC2)CC1. The summed E-state index contributed by atoms with van der Waals surface area (Å²) >= 11 is 0. The van der Waals surface area contributed by atoms with Crippen LogP contribution in [0.4, 0.5) is 5.69 Å². The van der Waals surface area contributed by atoms with Gasteiger partial charge in [0.2, 0.25) is 0 Å². The van der Waals surface area contributed by atoms with Gasteiger partial charge in [-0.1, -0.05) is 31.9 Å². The zero-order valence-corrected chi connectivity index (χ0v) is 12.1. The lowest BCUT2D eigenvalue weighted by Gasteiger charge is -2.42. The Kier molecular flexibility index (Phi) is 3.53. The van der Waals surface area contributed by atoms with Gasteiger partial charge in [0.15, 0.2) is 0 Å². The van der Waals surface area contributed by atoms with Crippen LogP contribution < -0.4 is 5.73 Å². The van der Waals surface area contributed by atoms with E-state index in [1.54, 1.807) is 0 Å². The minimum Gasteiger partial charge on any atom is -0.399 e. The Morgan fingerprint density at radius 3 is 2.21 bits per heavy atom. The van der Waals surface area contributed by atoms with Gasteiger partial charge in [0, 0.05) is 11.7 Å². The topological polar surface area (TPSA) is 29.3 Å². The summed E-state index contributed by atoms with van der Waals surface area (Å²) in [6.45, 7) is 4.96. The van der Waals surface area contributed by atoms with Crippen LogP contribution in [0.1, 0.15) is 51.0 Å². The number of piperidine rings is 1. The van der Waals surface area contributed by atoms with Crippen molar-refractivity contribution in [2.24, 2.45) is 0 Å². The fraction of sp³-hybridized carbons (Fsp3) is 0.647. The fourth-order valence-corrected chi connectivity index (χ4v) is 3.83. The molecule has 19 heavy (non-hydrogen) atoms. The van der Waals surface area contributed by atoms with Crippen molar-refractivity contribution in [1.82, 2.24) is 4.90 Å². The van der Waals surface area contributed by atoms with Crippen LogP contribution in [-0.4, -0.2) is 24.0 Å². The quantitative estimate of drug-likeness (QED) is 0.822. The molecular weight excluding hydrogens is 232 g/mol. The number of hydrogen-bond acceptors (Lipinski definition) is 2. The molecule has 1 aromatic rings. The van der Waals surface area contributed by atoms with Crippen LogP contribution in [0.3, 0.4) is 0 Å². The van der Waals surface area contributed by atoms with Crippen LogP contribution in [0.25, 0.3) is 0 Å². The molecule has 0 atom stereocenters. The number of nitrogen functional groups attached to an aromatic ring is 1. The second-order valence-electron chi connectivity index (χ2n) is 6.66. The third-order valence-corrected chi connectivity index (χ3v) is 5.35. The Bertz CT molecular complexity index is 409. The first-order valence-electron chi connectivity index (χ1n) is 7.77. The van der Waals surface area contributed by atoms with Crippen molar-refractivity contribution in [3.05, 3.63) is 29.8 Å². The lowest BCUT2D eigenvalue weighted by atomic mass is 9.74. The van der Waals surface area contributed by atoms with E-state index in [9.17, 15) is 0 Å². The smallest absolute Gasteiger partial charge is 0.0314 e. The molecule has 0 bridgehead atoms. The second-order valence-corrected chi connectivity index (χ2v) is 6.66. The normalized spacial score (nSPS) is 24.7. The van der Waals surface area contributed by atoms with Crippen LogP contribution >= 0.6 is 0 Å². The zero-order valence-electron chi connectivity index (χ0n) is 12.1. The highest BCUT2D eigenvalue weighted by molar-refractivity contribution is 5.41. The van der Waals surface area contributed by atoms with Crippen molar-refractivity contribution in [3.8, 4) is 0 Å². The predicted octanol–water partition coefficient (Wildman–Crippen LogP) is 3.56. The third kappa shape index (κ3) is 2.64. The van der Waals surface area contributed by atoms with Crippen molar-refractivity contribution in [1.29, 1.82) is 0 Å². The van der Waals surface area contributed by atoms with Gasteiger partial charge in [0.05, 0.1) is 0 Å². The van der Waals surface area contributed by atoms with E-state index in [4.69, 9.17) is 5.73 Å².